The molecule has 0 bridgehead atoms. The highest BCUT2D eigenvalue weighted by Crippen LogP contribution is 2.18. The van der Waals surface area contributed by atoms with Gasteiger partial charge in [0.15, 0.2) is 6.10 Å². The molecule has 0 amide bonds. The number of hydrogen-bond donors (Lipinski definition) is 0. The van der Waals surface area contributed by atoms with E-state index in [0.717, 1.165) is 69.6 Å². The summed E-state index contributed by atoms with van der Waals surface area (Å²) in [7, 11) is 0. The second kappa shape index (κ2) is 44.9. The first kappa shape index (κ1) is 56.4. The largest absolute Gasteiger partial charge is 0.462 e. The lowest BCUT2D eigenvalue weighted by atomic mass is 10.00. The van der Waals surface area contributed by atoms with Crippen LogP contribution in [0, 0.1) is 11.8 Å². The average Bonchev–Trinajstić information content (AvgIpc) is 3.21. The van der Waals surface area contributed by atoms with Gasteiger partial charge in [0.25, 0.3) is 0 Å². The molecule has 0 heterocycles. The first-order valence-electron chi connectivity index (χ1n) is 25.8. The molecule has 0 aliphatic carbocycles. The van der Waals surface area contributed by atoms with Crippen LogP contribution >= 0.6 is 0 Å². The molecule has 0 spiro atoms. The highest BCUT2D eigenvalue weighted by Gasteiger charge is 2.19. The first-order chi connectivity index (χ1) is 28.3. The molecule has 0 aromatic carbocycles. The molecule has 58 heavy (non-hydrogen) atoms. The van der Waals surface area contributed by atoms with E-state index in [0.29, 0.717) is 19.3 Å². The highest BCUT2D eigenvalue weighted by molar-refractivity contribution is 5.71. The van der Waals surface area contributed by atoms with Gasteiger partial charge in [-0.2, -0.15) is 0 Å². The molecule has 6 nitrogen and oxygen atoms in total. The maximum atomic E-state index is 12.8. The third kappa shape index (κ3) is 44.0. The van der Waals surface area contributed by atoms with Gasteiger partial charge >= 0.3 is 17.9 Å². The van der Waals surface area contributed by atoms with Crippen LogP contribution in [0.5, 0.6) is 0 Å². The minimum absolute atomic E-state index is 0.0650. The molecule has 0 fully saturated rings. The second-order valence-electron chi connectivity index (χ2n) is 18.5. The van der Waals surface area contributed by atoms with Crippen molar-refractivity contribution in [1.82, 2.24) is 0 Å². The van der Waals surface area contributed by atoms with Gasteiger partial charge in [0.2, 0.25) is 0 Å². The van der Waals surface area contributed by atoms with Crippen molar-refractivity contribution in [1.29, 1.82) is 0 Å². The van der Waals surface area contributed by atoms with E-state index in [1.807, 2.05) is 0 Å². The average molecular weight is 821 g/mol. The second-order valence-corrected chi connectivity index (χ2v) is 18.5. The summed E-state index contributed by atoms with van der Waals surface area (Å²) in [5.74, 6) is 0.769. The van der Waals surface area contributed by atoms with E-state index in [-0.39, 0.29) is 31.1 Å². The number of carbonyl (C=O) groups excluding carboxylic acids is 3. The van der Waals surface area contributed by atoms with Crippen LogP contribution in [0.15, 0.2) is 0 Å². The van der Waals surface area contributed by atoms with E-state index in [1.165, 1.54) is 173 Å². The molecule has 344 valence electrons. The van der Waals surface area contributed by atoms with Gasteiger partial charge in [0.1, 0.15) is 13.2 Å². The Bertz CT molecular complexity index is 887. The topological polar surface area (TPSA) is 78.9 Å². The Balaban J connectivity index is 4.28. The summed E-state index contributed by atoms with van der Waals surface area (Å²) in [6, 6.07) is 0. The van der Waals surface area contributed by atoms with Gasteiger partial charge in [-0.3, -0.25) is 14.4 Å². The van der Waals surface area contributed by atoms with Gasteiger partial charge in [-0.15, -0.1) is 0 Å². The molecular weight excluding hydrogens is 721 g/mol. The maximum Gasteiger partial charge on any atom is 0.306 e. The van der Waals surface area contributed by atoms with E-state index in [9.17, 15) is 14.4 Å². The van der Waals surface area contributed by atoms with Gasteiger partial charge in [-0.1, -0.05) is 247 Å². The Morgan fingerprint density at radius 2 is 0.655 bits per heavy atom. The zero-order valence-corrected chi connectivity index (χ0v) is 39.7. The molecule has 0 N–H and O–H groups in total. The summed E-state index contributed by atoms with van der Waals surface area (Å²) in [5.41, 5.74) is 0. The lowest BCUT2D eigenvalue weighted by Crippen LogP contribution is -2.30. The molecular formula is C52H100O6. The van der Waals surface area contributed by atoms with Crippen LogP contribution in [-0.2, 0) is 28.6 Å². The lowest BCUT2D eigenvalue weighted by Gasteiger charge is -2.18. The molecule has 1 unspecified atom stereocenters. The summed E-state index contributed by atoms with van der Waals surface area (Å²) >= 11 is 0. The van der Waals surface area contributed by atoms with Crippen LogP contribution in [0.3, 0.4) is 0 Å². The van der Waals surface area contributed by atoms with Crippen LogP contribution in [0.2, 0.25) is 0 Å². The van der Waals surface area contributed by atoms with Crippen molar-refractivity contribution in [3.63, 3.8) is 0 Å². The van der Waals surface area contributed by atoms with E-state index in [4.69, 9.17) is 14.2 Å². The van der Waals surface area contributed by atoms with Crippen LogP contribution in [0.1, 0.15) is 285 Å². The molecule has 0 rings (SSSR count). The van der Waals surface area contributed by atoms with E-state index in [2.05, 4.69) is 34.6 Å². The standard InChI is InChI=1S/C52H100O6/c1-6-8-9-10-11-12-13-14-15-16-17-18-19-20-23-27-34-39-44-52(55)58-49(46-57-51(54)43-38-33-29-28-31-36-41-48(5)7-2)45-56-50(53)42-37-32-26-24-21-22-25-30-35-40-47(3)4/h47-49H,6-46H2,1-5H3/t48?,49-/m1/s1. The fourth-order valence-electron chi connectivity index (χ4n) is 7.78. The highest BCUT2D eigenvalue weighted by atomic mass is 16.6. The fraction of sp³-hybridized carbons (Fsp3) is 0.942. The smallest absolute Gasteiger partial charge is 0.306 e. The summed E-state index contributed by atoms with van der Waals surface area (Å²) < 4.78 is 16.8. The van der Waals surface area contributed by atoms with Crippen LogP contribution in [-0.4, -0.2) is 37.2 Å². The SMILES string of the molecule is CCCCCCCCCCCCCCCCCCCCC(=O)O[C@H](COC(=O)CCCCCCCCCCCC(C)C)COC(=O)CCCCCCCCC(C)CC. The number of ether oxygens (including phenoxy) is 3. The zero-order valence-electron chi connectivity index (χ0n) is 39.7. The molecule has 0 radical (unpaired) electrons. The Labute approximate surface area is 361 Å². The summed E-state index contributed by atoms with van der Waals surface area (Å²) in [4.78, 5) is 37.9. The minimum Gasteiger partial charge on any atom is -0.462 e. The third-order valence-corrected chi connectivity index (χ3v) is 12.1. The van der Waals surface area contributed by atoms with Crippen molar-refractivity contribution in [3.8, 4) is 0 Å². The minimum atomic E-state index is -0.762. The quantitative estimate of drug-likeness (QED) is 0.0346. The number of unbranched alkanes of at least 4 members (excludes halogenated alkanes) is 30. The number of hydrogen-bond acceptors (Lipinski definition) is 6. The number of esters is 3. The fourth-order valence-corrected chi connectivity index (χ4v) is 7.78. The molecule has 0 aliphatic rings. The predicted molar refractivity (Wildman–Crippen MR) is 247 cm³/mol. The Morgan fingerprint density at radius 1 is 0.362 bits per heavy atom. The zero-order chi connectivity index (χ0) is 42.6. The molecule has 0 saturated carbocycles. The summed E-state index contributed by atoms with van der Waals surface area (Å²) in [6.45, 7) is 11.3. The summed E-state index contributed by atoms with van der Waals surface area (Å²) in [5, 5.41) is 0. The Kier molecular flexibility index (Phi) is 43.7. The molecule has 0 aromatic heterocycles. The van der Waals surface area contributed by atoms with Crippen molar-refractivity contribution in [2.24, 2.45) is 11.8 Å². The van der Waals surface area contributed by atoms with Crippen LogP contribution in [0.4, 0.5) is 0 Å². The molecule has 2 atom stereocenters. The Hall–Kier alpha value is -1.59. The van der Waals surface area contributed by atoms with Crippen molar-refractivity contribution >= 4 is 17.9 Å². The van der Waals surface area contributed by atoms with Gasteiger partial charge < -0.3 is 14.2 Å². The maximum absolute atomic E-state index is 12.8. The van der Waals surface area contributed by atoms with Crippen LogP contribution in [0.25, 0.3) is 0 Å². The van der Waals surface area contributed by atoms with Gasteiger partial charge in [-0.05, 0) is 31.1 Å². The molecule has 0 saturated heterocycles. The van der Waals surface area contributed by atoms with Crippen molar-refractivity contribution in [2.45, 2.75) is 291 Å². The monoisotopic (exact) mass is 821 g/mol. The normalized spacial score (nSPS) is 12.5. The lowest BCUT2D eigenvalue weighted by molar-refractivity contribution is -0.167. The molecule has 0 aromatic rings. The van der Waals surface area contributed by atoms with Gasteiger partial charge in [0.05, 0.1) is 0 Å². The van der Waals surface area contributed by atoms with E-state index >= 15 is 0 Å². The first-order valence-corrected chi connectivity index (χ1v) is 25.8. The van der Waals surface area contributed by atoms with Crippen molar-refractivity contribution < 1.29 is 28.6 Å². The third-order valence-electron chi connectivity index (χ3n) is 12.1. The van der Waals surface area contributed by atoms with Crippen LogP contribution < -0.4 is 0 Å². The van der Waals surface area contributed by atoms with Gasteiger partial charge in [0, 0.05) is 19.3 Å². The van der Waals surface area contributed by atoms with Gasteiger partial charge in [-0.25, -0.2) is 0 Å². The van der Waals surface area contributed by atoms with E-state index < -0.39 is 6.10 Å². The summed E-state index contributed by atoms with van der Waals surface area (Å²) in [6.07, 6.45) is 45.2. The predicted octanol–water partition coefficient (Wildman–Crippen LogP) is 16.5. The van der Waals surface area contributed by atoms with Crippen molar-refractivity contribution in [2.75, 3.05) is 13.2 Å². The number of carbonyl (C=O) groups is 3. The van der Waals surface area contributed by atoms with Crippen molar-refractivity contribution in [3.05, 3.63) is 0 Å². The van der Waals surface area contributed by atoms with E-state index in [1.54, 1.807) is 0 Å². The number of rotatable bonds is 46. The molecule has 6 heteroatoms. The molecule has 0 aliphatic heterocycles. The Morgan fingerprint density at radius 3 is 0.983 bits per heavy atom.